The van der Waals surface area contributed by atoms with Crippen LogP contribution in [0.1, 0.15) is 76.9 Å². The van der Waals surface area contributed by atoms with Crippen molar-refractivity contribution in [3.05, 3.63) is 87.3 Å². The molecular weight excluding hydrogens is 695 g/mol. The molecule has 6 rings (SSSR count). The lowest BCUT2D eigenvalue weighted by Gasteiger charge is -2.48. The fourth-order valence-electron chi connectivity index (χ4n) is 7.36. The van der Waals surface area contributed by atoms with Gasteiger partial charge >= 0.3 is 6.03 Å². The van der Waals surface area contributed by atoms with Crippen molar-refractivity contribution in [2.45, 2.75) is 76.9 Å². The molecule has 3 aliphatic rings. The third-order valence-electron chi connectivity index (χ3n) is 10.5. The van der Waals surface area contributed by atoms with E-state index >= 15 is 4.79 Å². The van der Waals surface area contributed by atoms with Crippen LogP contribution in [0.15, 0.2) is 59.7 Å². The summed E-state index contributed by atoms with van der Waals surface area (Å²) in [5, 5.41) is 1.18. The summed E-state index contributed by atoms with van der Waals surface area (Å²) in [5.74, 6) is 1.82. The predicted octanol–water partition coefficient (Wildman–Crippen LogP) is 6.69. The number of halogens is 2. The van der Waals surface area contributed by atoms with Gasteiger partial charge in [0, 0.05) is 53.9 Å². The lowest BCUT2D eigenvalue weighted by Crippen LogP contribution is -2.61. The Morgan fingerprint density at radius 2 is 1.48 bits per heavy atom. The first kappa shape index (κ1) is 36.5. The van der Waals surface area contributed by atoms with Crippen molar-refractivity contribution in [3.63, 3.8) is 0 Å². The Morgan fingerprint density at radius 3 is 2.02 bits per heavy atom. The molecule has 1 aromatic heterocycles. The number of piperazine rings is 1. The molecule has 3 aliphatic heterocycles. The molecule has 0 bridgehead atoms. The zero-order valence-corrected chi connectivity index (χ0v) is 31.9. The molecule has 2 saturated heterocycles. The molecule has 10 nitrogen and oxygen atoms in total. The van der Waals surface area contributed by atoms with Crippen molar-refractivity contribution < 1.29 is 17.9 Å². The van der Waals surface area contributed by atoms with E-state index in [2.05, 4.69) is 4.90 Å². The minimum Gasteiger partial charge on any atom is -0.477 e. The van der Waals surface area contributed by atoms with E-state index in [9.17, 15) is 8.42 Å². The van der Waals surface area contributed by atoms with Gasteiger partial charge in [0.2, 0.25) is 5.88 Å². The number of hydrogen-bond donors (Lipinski definition) is 0. The van der Waals surface area contributed by atoms with E-state index in [1.165, 1.54) is 0 Å². The lowest BCUT2D eigenvalue weighted by atomic mass is 9.71. The number of aliphatic imine (C=N–C) groups is 1. The summed E-state index contributed by atoms with van der Waals surface area (Å²) < 4.78 is 30.4. The highest BCUT2D eigenvalue weighted by Crippen LogP contribution is 2.54. The number of aromatic nitrogens is 2. The molecule has 4 heterocycles. The Kier molecular flexibility index (Phi) is 10.0. The molecule has 0 N–H and O–H groups in total. The number of benzene rings is 2. The van der Waals surface area contributed by atoms with Crippen LogP contribution in [0.3, 0.4) is 0 Å². The first-order valence-corrected chi connectivity index (χ1v) is 19.8. The molecule has 268 valence electrons. The zero-order chi connectivity index (χ0) is 36.1. The summed E-state index contributed by atoms with van der Waals surface area (Å²) in [6.07, 6.45) is 2.97. The molecule has 0 radical (unpaired) electrons. The van der Waals surface area contributed by atoms with Crippen molar-refractivity contribution in [3.8, 4) is 5.88 Å². The van der Waals surface area contributed by atoms with E-state index in [0.717, 1.165) is 11.1 Å². The zero-order valence-electron chi connectivity index (χ0n) is 29.6. The number of hydrogen-bond acceptors (Lipinski definition) is 8. The van der Waals surface area contributed by atoms with Crippen LogP contribution < -0.4 is 4.74 Å². The molecule has 2 fully saturated rings. The van der Waals surface area contributed by atoms with Gasteiger partial charge in [0.25, 0.3) is 0 Å². The van der Waals surface area contributed by atoms with Crippen LogP contribution in [0.4, 0.5) is 4.79 Å². The Hall–Kier alpha value is -3.25. The molecule has 2 aromatic carbocycles. The van der Waals surface area contributed by atoms with E-state index in [1.807, 2.05) is 95.0 Å². The number of sulfone groups is 1. The second-order valence-electron chi connectivity index (χ2n) is 14.7. The summed E-state index contributed by atoms with van der Waals surface area (Å²) in [4.78, 5) is 36.3. The fraction of sp³-hybridized carbons (Fsp3) is 0.514. The molecule has 50 heavy (non-hydrogen) atoms. The van der Waals surface area contributed by atoms with Gasteiger partial charge in [-0.1, -0.05) is 68.2 Å². The lowest BCUT2D eigenvalue weighted by molar-refractivity contribution is 0.0720. The van der Waals surface area contributed by atoms with E-state index in [-0.39, 0.29) is 29.0 Å². The minimum absolute atomic E-state index is 0.194. The number of urea groups is 1. The van der Waals surface area contributed by atoms with Crippen molar-refractivity contribution in [1.29, 1.82) is 0 Å². The second-order valence-corrected chi connectivity index (χ2v) is 17.9. The van der Waals surface area contributed by atoms with Crippen LogP contribution in [0.2, 0.25) is 10.0 Å². The molecule has 13 heteroatoms. The summed E-state index contributed by atoms with van der Waals surface area (Å²) in [6.45, 7) is 14.7. The molecular formula is C37H46Cl2N6O4S. The summed E-state index contributed by atoms with van der Waals surface area (Å²) >= 11 is 12.8. The van der Waals surface area contributed by atoms with Gasteiger partial charge in [-0.15, -0.1) is 0 Å². The fourth-order valence-corrected chi connectivity index (χ4v) is 9.08. The van der Waals surface area contributed by atoms with Gasteiger partial charge in [-0.3, -0.25) is 14.8 Å². The number of amides is 2. The van der Waals surface area contributed by atoms with Crippen molar-refractivity contribution in [2.75, 3.05) is 44.3 Å². The summed E-state index contributed by atoms with van der Waals surface area (Å²) in [6, 6.07) is 15.2. The monoisotopic (exact) mass is 740 g/mol. The second kappa shape index (κ2) is 13.7. The number of amidine groups is 1. The number of ether oxygens (including phenoxy) is 1. The Balaban J connectivity index is 1.47. The molecule has 0 unspecified atom stereocenters. The van der Waals surface area contributed by atoms with Gasteiger partial charge in [0.05, 0.1) is 23.7 Å². The number of rotatable bonds is 6. The molecule has 2 amide bonds. The molecule has 0 saturated carbocycles. The van der Waals surface area contributed by atoms with Crippen LogP contribution >= 0.6 is 23.2 Å². The molecule has 2 atom stereocenters. The molecule has 0 aliphatic carbocycles. The summed E-state index contributed by atoms with van der Waals surface area (Å²) in [7, 11) is -2.97. The van der Waals surface area contributed by atoms with Crippen LogP contribution in [0.25, 0.3) is 0 Å². The van der Waals surface area contributed by atoms with Crippen LogP contribution in [0, 0.1) is 0 Å². The van der Waals surface area contributed by atoms with E-state index < -0.39 is 20.9 Å². The third-order valence-corrected chi connectivity index (χ3v) is 12.7. The third kappa shape index (κ3) is 6.74. The Bertz CT molecular complexity index is 1860. The number of nitrogens with zero attached hydrogens (tertiary/aromatic N) is 6. The van der Waals surface area contributed by atoms with E-state index in [1.54, 1.807) is 11.1 Å². The van der Waals surface area contributed by atoms with Crippen LogP contribution in [-0.2, 0) is 26.3 Å². The van der Waals surface area contributed by atoms with Crippen LogP contribution in [0.5, 0.6) is 5.88 Å². The van der Waals surface area contributed by atoms with E-state index in [0.29, 0.717) is 78.8 Å². The van der Waals surface area contributed by atoms with Gasteiger partial charge in [-0.25, -0.2) is 18.2 Å². The first-order valence-electron chi connectivity index (χ1n) is 17.2. The maximum absolute atomic E-state index is 15.2. The highest BCUT2D eigenvalue weighted by molar-refractivity contribution is 7.91. The highest BCUT2D eigenvalue weighted by Gasteiger charge is 2.60. The van der Waals surface area contributed by atoms with Crippen molar-refractivity contribution >= 4 is 44.9 Å². The van der Waals surface area contributed by atoms with E-state index in [4.69, 9.17) is 42.9 Å². The SMILES string of the molecule is CCOc1nc(C(C)(C)C)ncc1C1=N[C@@](C)(c2ccc(Cl)cc2)[C@@](C)(c2ccc(Cl)cc2)N1C(=O)N1CCN(C2CCS(=O)(=O)CC2)CC1. The number of carbonyl (C=O) groups is 1. The quantitative estimate of drug-likeness (QED) is 0.277. The average Bonchev–Trinajstić information content (AvgIpc) is 3.32. The smallest absolute Gasteiger partial charge is 0.326 e. The van der Waals surface area contributed by atoms with Gasteiger partial charge < -0.3 is 9.64 Å². The van der Waals surface area contributed by atoms with Gasteiger partial charge in [0.1, 0.15) is 32.6 Å². The largest absolute Gasteiger partial charge is 0.477 e. The number of carbonyl (C=O) groups excluding carboxylic acids is 1. The predicted molar refractivity (Wildman–Crippen MR) is 198 cm³/mol. The Labute approximate surface area is 305 Å². The topological polar surface area (TPSA) is 108 Å². The van der Waals surface area contributed by atoms with Gasteiger partial charge in [0.15, 0.2) is 0 Å². The molecule has 3 aromatic rings. The van der Waals surface area contributed by atoms with Crippen molar-refractivity contribution in [2.24, 2.45) is 4.99 Å². The Morgan fingerprint density at radius 1 is 0.920 bits per heavy atom. The normalized spacial score (nSPS) is 24.7. The maximum Gasteiger partial charge on any atom is 0.326 e. The van der Waals surface area contributed by atoms with Gasteiger partial charge in [-0.05, 0) is 69.0 Å². The van der Waals surface area contributed by atoms with Crippen molar-refractivity contribution in [1.82, 2.24) is 24.7 Å². The maximum atomic E-state index is 15.2. The standard InChI is InChI=1S/C37H46Cl2N6O4S/c1-7-49-32-30(24-40-33(41-32)35(2,3)4)31-42-36(5,25-8-12-27(38)13-9-25)37(6,26-10-14-28(39)15-11-26)45(31)34(46)44-20-18-43(19-21-44)29-16-22-50(47,48)23-17-29/h8-15,24,29H,7,16-23H2,1-6H3/t36-,37+/m0/s1. The molecule has 0 spiro atoms. The average molecular weight is 742 g/mol. The van der Waals surface area contributed by atoms with Crippen LogP contribution in [-0.4, -0.2) is 95.3 Å². The van der Waals surface area contributed by atoms with Gasteiger partial charge in [-0.2, -0.15) is 4.98 Å². The minimum atomic E-state index is -2.97. The summed E-state index contributed by atoms with van der Waals surface area (Å²) in [5.41, 5.74) is -0.159. The first-order chi connectivity index (χ1) is 23.6. The highest BCUT2D eigenvalue weighted by atomic mass is 35.5.